The quantitative estimate of drug-likeness (QED) is 0.699. The van der Waals surface area contributed by atoms with Gasteiger partial charge in [0.05, 0.1) is 12.5 Å². The van der Waals surface area contributed by atoms with Crippen LogP contribution >= 0.6 is 0 Å². The van der Waals surface area contributed by atoms with E-state index in [0.717, 1.165) is 24.2 Å². The molecule has 1 aromatic carbocycles. The number of likely N-dealkylation sites (tertiary alicyclic amines) is 1. The smallest absolute Gasteiger partial charge is 0.387 e. The average Bonchev–Trinajstić information content (AvgIpc) is 2.91. The summed E-state index contributed by atoms with van der Waals surface area (Å²) in [6.07, 6.45) is 4.49. The van der Waals surface area contributed by atoms with Gasteiger partial charge in [-0.2, -0.15) is 8.78 Å². The minimum Gasteiger partial charge on any atom is -0.493 e. The van der Waals surface area contributed by atoms with Crippen LogP contribution in [0.25, 0.3) is 0 Å². The van der Waals surface area contributed by atoms with Crippen molar-refractivity contribution in [2.24, 2.45) is 5.41 Å². The van der Waals surface area contributed by atoms with Crippen molar-refractivity contribution in [3.63, 3.8) is 0 Å². The number of hydrogen-bond donors (Lipinski definition) is 1. The van der Waals surface area contributed by atoms with Crippen molar-refractivity contribution in [1.82, 2.24) is 10.2 Å². The summed E-state index contributed by atoms with van der Waals surface area (Å²) in [6, 6.07) is 4.32. The molecular weight excluding hydrogens is 386 g/mol. The number of amides is 3. The number of alkyl halides is 2. The lowest BCUT2D eigenvalue weighted by molar-refractivity contribution is -0.145. The Bertz CT molecular complexity index is 793. The first-order valence-electron chi connectivity index (χ1n) is 9.58. The molecule has 3 rings (SSSR count). The van der Waals surface area contributed by atoms with Crippen molar-refractivity contribution in [2.75, 3.05) is 13.7 Å². The highest BCUT2D eigenvalue weighted by atomic mass is 19.3. The zero-order valence-electron chi connectivity index (χ0n) is 16.2. The topological polar surface area (TPSA) is 84.9 Å². The molecule has 1 N–H and O–H groups in total. The van der Waals surface area contributed by atoms with E-state index in [2.05, 4.69) is 10.1 Å². The molecule has 1 saturated heterocycles. The lowest BCUT2D eigenvalue weighted by Gasteiger charge is -2.30. The highest BCUT2D eigenvalue weighted by Crippen LogP contribution is 2.45. The highest BCUT2D eigenvalue weighted by molar-refractivity contribution is 6.08. The van der Waals surface area contributed by atoms with Gasteiger partial charge in [0.1, 0.15) is 6.54 Å². The van der Waals surface area contributed by atoms with Gasteiger partial charge in [-0.25, -0.2) is 0 Å². The van der Waals surface area contributed by atoms with Gasteiger partial charge < -0.3 is 14.8 Å². The first kappa shape index (κ1) is 21.0. The number of halogens is 2. The fourth-order valence-electron chi connectivity index (χ4n) is 4.05. The summed E-state index contributed by atoms with van der Waals surface area (Å²) in [5.74, 6) is -1.01. The van der Waals surface area contributed by atoms with Crippen molar-refractivity contribution >= 4 is 17.7 Å². The van der Waals surface area contributed by atoms with E-state index in [1.54, 1.807) is 0 Å². The summed E-state index contributed by atoms with van der Waals surface area (Å²) in [5, 5.41) is 2.64. The van der Waals surface area contributed by atoms with Gasteiger partial charge in [0.15, 0.2) is 11.5 Å². The molecule has 0 aromatic heterocycles. The monoisotopic (exact) mass is 410 g/mol. The lowest BCUT2D eigenvalue weighted by Crippen LogP contribution is -2.42. The van der Waals surface area contributed by atoms with Crippen LogP contribution < -0.4 is 14.8 Å². The highest BCUT2D eigenvalue weighted by Gasteiger charge is 2.51. The number of rotatable bonds is 7. The molecule has 0 radical (unpaired) electrons. The summed E-state index contributed by atoms with van der Waals surface area (Å²) in [5.41, 5.74) is -0.0246. The molecule has 2 aliphatic rings. The molecule has 1 aliphatic heterocycles. The molecule has 2 fully saturated rings. The van der Waals surface area contributed by atoms with Gasteiger partial charge in [-0.3, -0.25) is 19.3 Å². The predicted octanol–water partition coefficient (Wildman–Crippen LogP) is 2.62. The first-order valence-corrected chi connectivity index (χ1v) is 9.58. The van der Waals surface area contributed by atoms with Crippen LogP contribution in [0.1, 0.15) is 44.1 Å². The number of methoxy groups -OCH3 is 1. The van der Waals surface area contributed by atoms with Gasteiger partial charge in [-0.15, -0.1) is 0 Å². The molecule has 1 spiro atoms. The van der Waals surface area contributed by atoms with Crippen molar-refractivity contribution in [2.45, 2.75) is 51.7 Å². The van der Waals surface area contributed by atoms with Crippen LogP contribution in [0.2, 0.25) is 0 Å². The SMILES string of the molecule is COc1cc(CNC(=O)CN2C(=O)CC3(CCCCC3)C2=O)ccc1OC(F)F. The molecule has 1 heterocycles. The standard InChI is InChI=1S/C20H24F2N2O5/c1-28-15-9-13(5-6-14(15)29-19(21)22)11-23-16(25)12-24-17(26)10-20(18(24)27)7-3-2-4-8-20/h5-6,9,19H,2-4,7-8,10-12H2,1H3,(H,23,25). The third-order valence-electron chi connectivity index (χ3n) is 5.54. The van der Waals surface area contributed by atoms with Gasteiger partial charge >= 0.3 is 6.61 Å². The van der Waals surface area contributed by atoms with E-state index < -0.39 is 17.9 Å². The van der Waals surface area contributed by atoms with E-state index in [1.807, 2.05) is 0 Å². The molecule has 7 nitrogen and oxygen atoms in total. The van der Waals surface area contributed by atoms with Crippen LogP contribution in [0.3, 0.4) is 0 Å². The second-order valence-corrected chi connectivity index (χ2v) is 7.44. The summed E-state index contributed by atoms with van der Waals surface area (Å²) >= 11 is 0. The van der Waals surface area contributed by atoms with Gasteiger partial charge in [0.2, 0.25) is 17.7 Å². The number of benzene rings is 1. The Labute approximate surface area is 167 Å². The van der Waals surface area contributed by atoms with Crippen molar-refractivity contribution in [1.29, 1.82) is 0 Å². The average molecular weight is 410 g/mol. The Morgan fingerprint density at radius 2 is 1.93 bits per heavy atom. The number of carbonyl (C=O) groups excluding carboxylic acids is 3. The van der Waals surface area contributed by atoms with E-state index in [1.165, 1.54) is 25.3 Å². The number of ether oxygens (including phenoxy) is 2. The largest absolute Gasteiger partial charge is 0.493 e. The van der Waals surface area contributed by atoms with Crippen LogP contribution in [-0.2, 0) is 20.9 Å². The first-order chi connectivity index (χ1) is 13.8. The molecule has 0 bridgehead atoms. The van der Waals surface area contributed by atoms with Crippen LogP contribution in [0.5, 0.6) is 11.5 Å². The maximum Gasteiger partial charge on any atom is 0.387 e. The van der Waals surface area contributed by atoms with Crippen molar-refractivity contribution in [3.05, 3.63) is 23.8 Å². The second-order valence-electron chi connectivity index (χ2n) is 7.44. The summed E-state index contributed by atoms with van der Waals surface area (Å²) in [6.45, 7) is -3.20. The summed E-state index contributed by atoms with van der Waals surface area (Å²) < 4.78 is 34.2. The molecule has 1 saturated carbocycles. The molecular formula is C20H24F2N2O5. The lowest BCUT2D eigenvalue weighted by atomic mass is 9.73. The van der Waals surface area contributed by atoms with Crippen LogP contribution in [-0.4, -0.2) is 42.9 Å². The molecule has 0 unspecified atom stereocenters. The molecule has 158 valence electrons. The number of imide groups is 1. The van der Waals surface area contributed by atoms with E-state index in [4.69, 9.17) is 4.74 Å². The number of nitrogens with one attached hydrogen (secondary N) is 1. The van der Waals surface area contributed by atoms with Crippen LogP contribution in [0, 0.1) is 5.41 Å². The second kappa shape index (κ2) is 8.75. The van der Waals surface area contributed by atoms with Crippen molar-refractivity contribution < 1.29 is 32.6 Å². The van der Waals surface area contributed by atoms with E-state index in [9.17, 15) is 23.2 Å². The van der Waals surface area contributed by atoms with Crippen LogP contribution in [0.4, 0.5) is 8.78 Å². The minimum atomic E-state index is -2.97. The van der Waals surface area contributed by atoms with Gasteiger partial charge in [0, 0.05) is 13.0 Å². The predicted molar refractivity (Wildman–Crippen MR) is 98.3 cm³/mol. The zero-order chi connectivity index (χ0) is 21.0. The summed E-state index contributed by atoms with van der Waals surface area (Å²) in [4.78, 5) is 38.4. The zero-order valence-corrected chi connectivity index (χ0v) is 16.2. The summed E-state index contributed by atoms with van der Waals surface area (Å²) in [7, 11) is 1.32. The number of hydrogen-bond acceptors (Lipinski definition) is 5. The van der Waals surface area contributed by atoms with Gasteiger partial charge in [0.25, 0.3) is 0 Å². The van der Waals surface area contributed by atoms with Crippen LogP contribution in [0.15, 0.2) is 18.2 Å². The maximum atomic E-state index is 12.7. The Balaban J connectivity index is 1.57. The van der Waals surface area contributed by atoms with E-state index in [0.29, 0.717) is 18.4 Å². The van der Waals surface area contributed by atoms with Gasteiger partial charge in [-0.1, -0.05) is 25.3 Å². The number of nitrogens with zero attached hydrogens (tertiary/aromatic N) is 1. The third-order valence-corrected chi connectivity index (χ3v) is 5.54. The number of carbonyl (C=O) groups is 3. The Morgan fingerprint density at radius 1 is 1.21 bits per heavy atom. The normalized spacial score (nSPS) is 18.4. The molecule has 3 amide bonds. The maximum absolute atomic E-state index is 12.7. The third kappa shape index (κ3) is 4.65. The fraction of sp³-hybridized carbons (Fsp3) is 0.550. The Morgan fingerprint density at radius 3 is 2.59 bits per heavy atom. The Kier molecular flexibility index (Phi) is 6.34. The molecule has 1 aliphatic carbocycles. The molecule has 0 atom stereocenters. The minimum absolute atomic E-state index is 0.0888. The molecule has 1 aromatic rings. The van der Waals surface area contributed by atoms with E-state index in [-0.39, 0.29) is 42.8 Å². The molecule has 29 heavy (non-hydrogen) atoms. The van der Waals surface area contributed by atoms with Crippen molar-refractivity contribution in [3.8, 4) is 11.5 Å². The molecule has 9 heteroatoms. The van der Waals surface area contributed by atoms with E-state index >= 15 is 0 Å². The fourth-order valence-corrected chi connectivity index (χ4v) is 4.05. The Hall–Kier alpha value is -2.71. The van der Waals surface area contributed by atoms with Gasteiger partial charge in [-0.05, 0) is 30.5 Å².